The molecule has 1 atom stereocenters. The zero-order valence-electron chi connectivity index (χ0n) is 9.67. The van der Waals surface area contributed by atoms with Crippen molar-refractivity contribution in [1.82, 2.24) is 4.90 Å². The topological polar surface area (TPSA) is 83.6 Å². The van der Waals surface area contributed by atoms with Crippen molar-refractivity contribution in [2.45, 2.75) is 12.5 Å². The number of carbonyl (C=O) groups is 2. The molecule has 0 spiro atoms. The fourth-order valence-corrected chi connectivity index (χ4v) is 1.41. The SMILES string of the molecule is CN(CCC(=O)O)C(=O)[C@H](N)c1ccccc1. The molecule has 92 valence electrons. The van der Waals surface area contributed by atoms with Crippen molar-refractivity contribution in [3.05, 3.63) is 35.9 Å². The summed E-state index contributed by atoms with van der Waals surface area (Å²) in [4.78, 5) is 23.6. The maximum absolute atomic E-state index is 11.9. The van der Waals surface area contributed by atoms with E-state index in [0.29, 0.717) is 0 Å². The second-order valence-electron chi connectivity index (χ2n) is 3.79. The van der Waals surface area contributed by atoms with Gasteiger partial charge in [-0.25, -0.2) is 0 Å². The monoisotopic (exact) mass is 236 g/mol. The smallest absolute Gasteiger partial charge is 0.305 e. The van der Waals surface area contributed by atoms with Gasteiger partial charge in [-0.1, -0.05) is 30.3 Å². The molecular formula is C12H16N2O3. The van der Waals surface area contributed by atoms with Crippen LogP contribution in [0.4, 0.5) is 0 Å². The first-order chi connectivity index (χ1) is 8.02. The van der Waals surface area contributed by atoms with Crippen molar-refractivity contribution >= 4 is 11.9 Å². The van der Waals surface area contributed by atoms with E-state index in [0.717, 1.165) is 5.56 Å². The molecular weight excluding hydrogens is 220 g/mol. The van der Waals surface area contributed by atoms with Crippen molar-refractivity contribution in [1.29, 1.82) is 0 Å². The van der Waals surface area contributed by atoms with Crippen molar-refractivity contribution in [2.24, 2.45) is 5.73 Å². The third-order valence-corrected chi connectivity index (χ3v) is 2.46. The molecule has 0 aliphatic heterocycles. The van der Waals surface area contributed by atoms with Crippen LogP contribution in [0.2, 0.25) is 0 Å². The molecule has 17 heavy (non-hydrogen) atoms. The van der Waals surface area contributed by atoms with Gasteiger partial charge in [-0.05, 0) is 5.56 Å². The van der Waals surface area contributed by atoms with Gasteiger partial charge in [-0.15, -0.1) is 0 Å². The van der Waals surface area contributed by atoms with Gasteiger partial charge >= 0.3 is 5.97 Å². The number of rotatable bonds is 5. The Morgan fingerprint density at radius 2 is 1.94 bits per heavy atom. The lowest BCUT2D eigenvalue weighted by atomic mass is 10.1. The average Bonchev–Trinajstić information content (AvgIpc) is 2.35. The molecule has 0 aliphatic carbocycles. The number of benzene rings is 1. The van der Waals surface area contributed by atoms with Crippen LogP contribution in [0, 0.1) is 0 Å². The Labute approximate surface area is 99.8 Å². The van der Waals surface area contributed by atoms with Crippen LogP contribution < -0.4 is 5.73 Å². The van der Waals surface area contributed by atoms with E-state index in [1.54, 1.807) is 31.3 Å². The second kappa shape index (κ2) is 6.00. The number of hydrogen-bond acceptors (Lipinski definition) is 3. The number of likely N-dealkylation sites (N-methyl/N-ethyl adjacent to an activating group) is 1. The molecule has 0 fully saturated rings. The Hall–Kier alpha value is -1.88. The van der Waals surface area contributed by atoms with Gasteiger partial charge < -0.3 is 15.7 Å². The average molecular weight is 236 g/mol. The molecule has 0 aliphatic rings. The lowest BCUT2D eigenvalue weighted by Crippen LogP contribution is -2.37. The first kappa shape index (κ1) is 13.2. The van der Waals surface area contributed by atoms with E-state index in [2.05, 4.69) is 0 Å². The maximum atomic E-state index is 11.9. The maximum Gasteiger partial charge on any atom is 0.305 e. The fraction of sp³-hybridized carbons (Fsp3) is 0.333. The van der Waals surface area contributed by atoms with Gasteiger partial charge in [0.25, 0.3) is 0 Å². The van der Waals surface area contributed by atoms with E-state index in [1.807, 2.05) is 6.07 Å². The molecule has 0 heterocycles. The van der Waals surface area contributed by atoms with Crippen LogP contribution in [0.1, 0.15) is 18.0 Å². The Balaban J connectivity index is 2.60. The van der Waals surface area contributed by atoms with Crippen LogP contribution in [0.5, 0.6) is 0 Å². The number of amides is 1. The first-order valence-electron chi connectivity index (χ1n) is 5.29. The van der Waals surface area contributed by atoms with Crippen LogP contribution in [0.3, 0.4) is 0 Å². The highest BCUT2D eigenvalue weighted by atomic mass is 16.4. The van der Waals surface area contributed by atoms with Crippen molar-refractivity contribution in [2.75, 3.05) is 13.6 Å². The predicted octanol–water partition coefficient (Wildman–Crippen LogP) is 0.620. The molecule has 5 nitrogen and oxygen atoms in total. The lowest BCUT2D eigenvalue weighted by Gasteiger charge is -2.20. The van der Waals surface area contributed by atoms with E-state index in [9.17, 15) is 9.59 Å². The molecule has 0 aromatic heterocycles. The van der Waals surface area contributed by atoms with Gasteiger partial charge in [-0.3, -0.25) is 9.59 Å². The van der Waals surface area contributed by atoms with Gasteiger partial charge in [-0.2, -0.15) is 0 Å². The predicted molar refractivity (Wildman–Crippen MR) is 63.3 cm³/mol. The summed E-state index contributed by atoms with van der Waals surface area (Å²) in [6, 6.07) is 8.25. The van der Waals surface area contributed by atoms with Gasteiger partial charge in [0.2, 0.25) is 5.91 Å². The Morgan fingerprint density at radius 3 is 2.47 bits per heavy atom. The summed E-state index contributed by atoms with van der Waals surface area (Å²) in [5.41, 5.74) is 6.53. The molecule has 0 saturated carbocycles. The highest BCUT2D eigenvalue weighted by Gasteiger charge is 2.19. The minimum atomic E-state index is -0.932. The number of carbonyl (C=O) groups excluding carboxylic acids is 1. The molecule has 1 aromatic carbocycles. The third kappa shape index (κ3) is 3.88. The van der Waals surface area contributed by atoms with Crippen molar-refractivity contribution < 1.29 is 14.7 Å². The van der Waals surface area contributed by atoms with Crippen LogP contribution in [0.15, 0.2) is 30.3 Å². The van der Waals surface area contributed by atoms with E-state index in [-0.39, 0.29) is 18.9 Å². The summed E-state index contributed by atoms with van der Waals surface area (Å²) in [6.45, 7) is 0.161. The summed E-state index contributed by atoms with van der Waals surface area (Å²) in [7, 11) is 1.55. The Bertz CT molecular complexity index is 392. The molecule has 0 radical (unpaired) electrons. The number of nitrogens with zero attached hydrogens (tertiary/aromatic N) is 1. The summed E-state index contributed by atoms with van der Waals surface area (Å²) in [6.07, 6.45) is -0.0796. The van der Waals surface area contributed by atoms with Crippen molar-refractivity contribution in [3.63, 3.8) is 0 Å². The van der Waals surface area contributed by atoms with E-state index in [1.165, 1.54) is 4.90 Å². The highest BCUT2D eigenvalue weighted by Crippen LogP contribution is 2.12. The van der Waals surface area contributed by atoms with Crippen LogP contribution in [-0.4, -0.2) is 35.5 Å². The van der Waals surface area contributed by atoms with Gasteiger partial charge in [0.1, 0.15) is 6.04 Å². The standard InChI is InChI=1S/C12H16N2O3/c1-14(8-7-10(15)16)12(17)11(13)9-5-3-2-4-6-9/h2-6,11H,7-8,13H2,1H3,(H,15,16)/t11-/m1/s1. The molecule has 5 heteroatoms. The lowest BCUT2D eigenvalue weighted by molar-refractivity contribution is -0.138. The summed E-state index contributed by atoms with van der Waals surface area (Å²) < 4.78 is 0. The number of carboxylic acid groups (broad SMARTS) is 1. The van der Waals surface area contributed by atoms with Gasteiger partial charge in [0, 0.05) is 13.6 Å². The molecule has 0 unspecified atom stereocenters. The molecule has 1 rings (SSSR count). The van der Waals surface area contributed by atoms with Crippen molar-refractivity contribution in [3.8, 4) is 0 Å². The normalized spacial score (nSPS) is 11.9. The van der Waals surface area contributed by atoms with E-state index in [4.69, 9.17) is 10.8 Å². The first-order valence-corrected chi connectivity index (χ1v) is 5.29. The van der Waals surface area contributed by atoms with Crippen LogP contribution in [0.25, 0.3) is 0 Å². The van der Waals surface area contributed by atoms with Crippen LogP contribution in [-0.2, 0) is 9.59 Å². The summed E-state index contributed by atoms with van der Waals surface area (Å²) >= 11 is 0. The number of aliphatic carboxylic acids is 1. The van der Waals surface area contributed by atoms with Crippen LogP contribution >= 0.6 is 0 Å². The highest BCUT2D eigenvalue weighted by molar-refractivity contribution is 5.83. The minimum absolute atomic E-state index is 0.0796. The zero-order chi connectivity index (χ0) is 12.8. The molecule has 0 saturated heterocycles. The second-order valence-corrected chi connectivity index (χ2v) is 3.79. The zero-order valence-corrected chi connectivity index (χ0v) is 9.67. The quantitative estimate of drug-likeness (QED) is 0.785. The molecule has 1 aromatic rings. The van der Waals surface area contributed by atoms with E-state index < -0.39 is 12.0 Å². The number of nitrogens with two attached hydrogens (primary N) is 1. The molecule has 0 bridgehead atoms. The van der Waals surface area contributed by atoms with E-state index >= 15 is 0 Å². The molecule has 1 amide bonds. The molecule has 3 N–H and O–H groups in total. The van der Waals surface area contributed by atoms with Gasteiger partial charge in [0.15, 0.2) is 0 Å². The number of carboxylic acids is 1. The minimum Gasteiger partial charge on any atom is -0.481 e. The number of hydrogen-bond donors (Lipinski definition) is 2. The Morgan fingerprint density at radius 1 is 1.35 bits per heavy atom. The fourth-order valence-electron chi connectivity index (χ4n) is 1.41. The third-order valence-electron chi connectivity index (χ3n) is 2.46. The van der Waals surface area contributed by atoms with Gasteiger partial charge in [0.05, 0.1) is 6.42 Å². The summed E-state index contributed by atoms with van der Waals surface area (Å²) in [5.74, 6) is -1.21. The summed E-state index contributed by atoms with van der Waals surface area (Å²) in [5, 5.41) is 8.53. The largest absolute Gasteiger partial charge is 0.481 e. The Kier molecular flexibility index (Phi) is 4.66.